The van der Waals surface area contributed by atoms with Gasteiger partial charge in [0.1, 0.15) is 11.3 Å². The first-order chi connectivity index (χ1) is 9.83. The predicted octanol–water partition coefficient (Wildman–Crippen LogP) is 3.61. The number of hydrogen-bond acceptors (Lipinski definition) is 3. The Balaban J connectivity index is 1.96. The van der Waals surface area contributed by atoms with Crippen molar-refractivity contribution < 1.29 is 9.15 Å². The number of furan rings is 1. The second-order valence-electron chi connectivity index (χ2n) is 5.57. The molecule has 20 heavy (non-hydrogen) atoms. The zero-order valence-corrected chi connectivity index (χ0v) is 12.4. The molecule has 0 bridgehead atoms. The Hall–Kier alpha value is -1.32. The van der Waals surface area contributed by atoms with E-state index in [-0.39, 0.29) is 0 Å². The van der Waals surface area contributed by atoms with Gasteiger partial charge in [-0.15, -0.1) is 0 Å². The van der Waals surface area contributed by atoms with Gasteiger partial charge in [-0.3, -0.25) is 0 Å². The van der Waals surface area contributed by atoms with E-state index in [9.17, 15) is 0 Å². The van der Waals surface area contributed by atoms with Gasteiger partial charge in [-0.1, -0.05) is 13.0 Å². The van der Waals surface area contributed by atoms with Crippen LogP contribution in [0.5, 0.6) is 0 Å². The molecule has 1 fully saturated rings. The molecule has 1 aromatic heterocycles. The summed E-state index contributed by atoms with van der Waals surface area (Å²) < 4.78 is 11.2. The van der Waals surface area contributed by atoms with E-state index in [4.69, 9.17) is 9.15 Å². The number of fused-ring (bicyclic) bond motifs is 1. The lowest BCUT2D eigenvalue weighted by Crippen LogP contribution is -2.12. The number of rotatable bonds is 7. The van der Waals surface area contributed by atoms with Crippen molar-refractivity contribution in [1.29, 1.82) is 0 Å². The van der Waals surface area contributed by atoms with Crippen LogP contribution in [-0.4, -0.2) is 20.3 Å². The fourth-order valence-corrected chi connectivity index (χ4v) is 2.78. The predicted molar refractivity (Wildman–Crippen MR) is 81.1 cm³/mol. The molecule has 3 nitrogen and oxygen atoms in total. The lowest BCUT2D eigenvalue weighted by Gasteiger charge is -2.03. The highest BCUT2D eigenvalue weighted by Gasteiger charge is 2.30. The van der Waals surface area contributed by atoms with E-state index in [0.29, 0.717) is 5.92 Å². The highest BCUT2D eigenvalue weighted by Crippen LogP contribution is 2.46. The van der Waals surface area contributed by atoms with Gasteiger partial charge in [0.2, 0.25) is 0 Å². The minimum Gasteiger partial charge on any atom is -0.459 e. The van der Waals surface area contributed by atoms with Crippen molar-refractivity contribution in [3.8, 4) is 0 Å². The Bertz CT molecular complexity index is 584. The number of hydrogen-bond donors (Lipinski definition) is 1. The molecule has 108 valence electrons. The summed E-state index contributed by atoms with van der Waals surface area (Å²) in [7, 11) is 1.75. The van der Waals surface area contributed by atoms with Crippen LogP contribution < -0.4 is 5.32 Å². The largest absolute Gasteiger partial charge is 0.459 e. The molecule has 1 aliphatic carbocycles. The van der Waals surface area contributed by atoms with Crippen molar-refractivity contribution >= 4 is 11.0 Å². The van der Waals surface area contributed by atoms with Crippen LogP contribution in [0.25, 0.3) is 11.0 Å². The minimum absolute atomic E-state index is 0.711. The Kier molecular flexibility index (Phi) is 4.08. The van der Waals surface area contributed by atoms with E-state index in [1.165, 1.54) is 29.4 Å². The Morgan fingerprint density at radius 1 is 1.35 bits per heavy atom. The van der Waals surface area contributed by atoms with Crippen molar-refractivity contribution in [2.24, 2.45) is 0 Å². The highest BCUT2D eigenvalue weighted by atomic mass is 16.5. The SMILES string of the molecule is CCNCc1oc2ccc(CCOC)cc2c1C1CC1. The van der Waals surface area contributed by atoms with Crippen LogP contribution in [-0.2, 0) is 17.7 Å². The van der Waals surface area contributed by atoms with Crippen LogP contribution in [0.3, 0.4) is 0 Å². The van der Waals surface area contributed by atoms with Crippen molar-refractivity contribution in [2.75, 3.05) is 20.3 Å². The second kappa shape index (κ2) is 5.98. The van der Waals surface area contributed by atoms with E-state index in [1.54, 1.807) is 7.11 Å². The molecule has 1 aliphatic rings. The first kappa shape index (κ1) is 13.7. The van der Waals surface area contributed by atoms with Gasteiger partial charge in [-0.05, 0) is 49.4 Å². The Morgan fingerprint density at radius 2 is 2.20 bits per heavy atom. The molecule has 0 spiro atoms. The molecular formula is C17H23NO2. The van der Waals surface area contributed by atoms with Crippen LogP contribution in [0.4, 0.5) is 0 Å². The van der Waals surface area contributed by atoms with Crippen LogP contribution >= 0.6 is 0 Å². The van der Waals surface area contributed by atoms with Crippen LogP contribution in [0.2, 0.25) is 0 Å². The molecule has 3 heteroatoms. The first-order valence-electron chi connectivity index (χ1n) is 7.57. The van der Waals surface area contributed by atoms with Gasteiger partial charge in [0.05, 0.1) is 13.2 Å². The summed E-state index contributed by atoms with van der Waals surface area (Å²) in [5.41, 5.74) is 3.80. The minimum atomic E-state index is 0.711. The lowest BCUT2D eigenvalue weighted by atomic mass is 10.0. The summed E-state index contributed by atoms with van der Waals surface area (Å²) in [5, 5.41) is 4.70. The first-order valence-corrected chi connectivity index (χ1v) is 7.57. The molecule has 2 aromatic rings. The van der Waals surface area contributed by atoms with Crippen LogP contribution in [0.15, 0.2) is 22.6 Å². The molecule has 3 rings (SSSR count). The number of benzene rings is 1. The van der Waals surface area contributed by atoms with Gasteiger partial charge in [0.15, 0.2) is 0 Å². The van der Waals surface area contributed by atoms with Crippen molar-refractivity contribution in [3.05, 3.63) is 35.1 Å². The van der Waals surface area contributed by atoms with Crippen molar-refractivity contribution in [2.45, 2.75) is 38.6 Å². The Morgan fingerprint density at radius 3 is 2.90 bits per heavy atom. The summed E-state index contributed by atoms with van der Waals surface area (Å²) in [6.45, 7) is 4.71. The number of methoxy groups -OCH3 is 1. The molecule has 1 N–H and O–H groups in total. The molecule has 0 saturated heterocycles. The van der Waals surface area contributed by atoms with E-state index in [1.807, 2.05) is 0 Å². The van der Waals surface area contributed by atoms with E-state index in [0.717, 1.165) is 37.5 Å². The normalized spacial score (nSPS) is 15.1. The third-order valence-corrected chi connectivity index (χ3v) is 3.98. The third-order valence-electron chi connectivity index (χ3n) is 3.98. The summed E-state index contributed by atoms with van der Waals surface area (Å²) >= 11 is 0. The van der Waals surface area contributed by atoms with Crippen molar-refractivity contribution in [1.82, 2.24) is 5.32 Å². The average molecular weight is 273 g/mol. The third kappa shape index (κ3) is 2.74. The second-order valence-corrected chi connectivity index (χ2v) is 5.57. The summed E-state index contributed by atoms with van der Waals surface area (Å²) in [5.74, 6) is 1.84. The summed E-state index contributed by atoms with van der Waals surface area (Å²) in [4.78, 5) is 0. The van der Waals surface area contributed by atoms with Gasteiger partial charge in [0, 0.05) is 18.1 Å². The average Bonchev–Trinajstić information content (AvgIpc) is 3.23. The van der Waals surface area contributed by atoms with Gasteiger partial charge < -0.3 is 14.5 Å². The van der Waals surface area contributed by atoms with Crippen molar-refractivity contribution in [3.63, 3.8) is 0 Å². The monoisotopic (exact) mass is 273 g/mol. The molecule has 0 radical (unpaired) electrons. The van der Waals surface area contributed by atoms with Gasteiger partial charge in [0.25, 0.3) is 0 Å². The topological polar surface area (TPSA) is 34.4 Å². The number of ether oxygens (including phenoxy) is 1. The maximum atomic E-state index is 6.07. The number of nitrogens with one attached hydrogen (secondary N) is 1. The molecule has 1 aromatic carbocycles. The van der Waals surface area contributed by atoms with Gasteiger partial charge in [-0.2, -0.15) is 0 Å². The fourth-order valence-electron chi connectivity index (χ4n) is 2.78. The maximum Gasteiger partial charge on any atom is 0.134 e. The maximum absolute atomic E-state index is 6.07. The summed E-state index contributed by atoms with van der Waals surface area (Å²) in [6, 6.07) is 6.56. The van der Waals surface area contributed by atoms with E-state index >= 15 is 0 Å². The Labute approximate surface area is 120 Å². The summed E-state index contributed by atoms with van der Waals surface area (Å²) in [6.07, 6.45) is 3.57. The van der Waals surface area contributed by atoms with E-state index in [2.05, 4.69) is 30.4 Å². The zero-order chi connectivity index (χ0) is 13.9. The van der Waals surface area contributed by atoms with Gasteiger partial charge >= 0.3 is 0 Å². The molecule has 0 atom stereocenters. The molecular weight excluding hydrogens is 250 g/mol. The smallest absolute Gasteiger partial charge is 0.134 e. The zero-order valence-electron chi connectivity index (χ0n) is 12.4. The molecule has 1 heterocycles. The van der Waals surface area contributed by atoms with Crippen LogP contribution in [0, 0.1) is 0 Å². The van der Waals surface area contributed by atoms with Crippen LogP contribution in [0.1, 0.15) is 42.6 Å². The quantitative estimate of drug-likeness (QED) is 0.837. The van der Waals surface area contributed by atoms with Gasteiger partial charge in [-0.25, -0.2) is 0 Å². The van der Waals surface area contributed by atoms with E-state index < -0.39 is 0 Å². The fraction of sp³-hybridized carbons (Fsp3) is 0.529. The molecule has 0 unspecified atom stereocenters. The molecule has 0 amide bonds. The standard InChI is InChI=1S/C17H23NO2/c1-3-18-11-16-17(13-5-6-13)14-10-12(8-9-19-2)4-7-15(14)20-16/h4,7,10,13,18H,3,5-6,8-9,11H2,1-2H3. The molecule has 1 saturated carbocycles. The lowest BCUT2D eigenvalue weighted by molar-refractivity contribution is 0.202. The molecule has 0 aliphatic heterocycles. The highest BCUT2D eigenvalue weighted by molar-refractivity contribution is 5.84.